The Balaban J connectivity index is 1.27. The van der Waals surface area contributed by atoms with Gasteiger partial charge in [-0.1, -0.05) is 30.3 Å². The summed E-state index contributed by atoms with van der Waals surface area (Å²) >= 11 is 0. The van der Waals surface area contributed by atoms with Crippen LogP contribution in [0.15, 0.2) is 30.3 Å². The minimum absolute atomic E-state index is 0.00830. The molecular weight excluding hydrogens is 408 g/mol. The molecule has 0 N–H and O–H groups in total. The van der Waals surface area contributed by atoms with Gasteiger partial charge < -0.3 is 28.4 Å². The average molecular weight is 449 g/mol. The Kier molecular flexibility index (Phi) is 7.30. The van der Waals surface area contributed by atoms with Crippen molar-refractivity contribution in [3.8, 4) is 0 Å². The zero-order valence-corrected chi connectivity index (χ0v) is 20.3. The molecule has 32 heavy (non-hydrogen) atoms. The quantitative estimate of drug-likeness (QED) is 0.529. The molecule has 0 bridgehead atoms. The summed E-state index contributed by atoms with van der Waals surface area (Å²) in [7, 11) is 0. The summed E-state index contributed by atoms with van der Waals surface area (Å²) in [6.45, 7) is 14.3. The van der Waals surface area contributed by atoms with Crippen LogP contribution in [-0.4, -0.2) is 68.7 Å². The van der Waals surface area contributed by atoms with Crippen LogP contribution >= 0.6 is 0 Å². The van der Waals surface area contributed by atoms with Gasteiger partial charge in [0.15, 0.2) is 0 Å². The Bertz CT molecular complexity index is 735. The zero-order chi connectivity index (χ0) is 22.8. The van der Waals surface area contributed by atoms with Gasteiger partial charge in [0.25, 0.3) is 0 Å². The molecule has 3 aliphatic heterocycles. The SMILES string of the molecule is C[C@H]1OCC(C)(C)O[C@H]1CCOC[C@@H]1OCCC12[C@H](COCc1ccccc1)OC2(C)C. The van der Waals surface area contributed by atoms with E-state index in [4.69, 9.17) is 28.4 Å². The Hall–Kier alpha value is -1.02. The first-order valence-corrected chi connectivity index (χ1v) is 12.0. The summed E-state index contributed by atoms with van der Waals surface area (Å²) in [5, 5.41) is 0. The Labute approximate surface area is 192 Å². The first-order chi connectivity index (χ1) is 15.2. The molecule has 0 saturated carbocycles. The van der Waals surface area contributed by atoms with Gasteiger partial charge in [-0.25, -0.2) is 0 Å². The monoisotopic (exact) mass is 448 g/mol. The fourth-order valence-electron chi connectivity index (χ4n) is 5.54. The van der Waals surface area contributed by atoms with Crippen LogP contribution in [0.25, 0.3) is 0 Å². The van der Waals surface area contributed by atoms with Gasteiger partial charge in [0.2, 0.25) is 0 Å². The van der Waals surface area contributed by atoms with E-state index in [1.807, 2.05) is 18.2 Å². The van der Waals surface area contributed by atoms with Crippen molar-refractivity contribution in [2.24, 2.45) is 5.41 Å². The van der Waals surface area contributed by atoms with Crippen molar-refractivity contribution in [3.63, 3.8) is 0 Å². The molecule has 3 fully saturated rings. The summed E-state index contributed by atoms with van der Waals surface area (Å²) in [5.41, 5.74) is 0.602. The lowest BCUT2D eigenvalue weighted by atomic mass is 9.60. The minimum atomic E-state index is -0.253. The smallest absolute Gasteiger partial charge is 0.0926 e. The maximum atomic E-state index is 6.27. The average Bonchev–Trinajstić information content (AvgIpc) is 3.21. The van der Waals surface area contributed by atoms with Crippen LogP contribution in [0.4, 0.5) is 0 Å². The Morgan fingerprint density at radius 2 is 1.69 bits per heavy atom. The molecule has 6 heteroatoms. The van der Waals surface area contributed by atoms with Crippen LogP contribution in [-0.2, 0) is 35.0 Å². The number of benzene rings is 1. The molecule has 0 radical (unpaired) electrons. The van der Waals surface area contributed by atoms with Crippen LogP contribution < -0.4 is 0 Å². The topological polar surface area (TPSA) is 55.4 Å². The van der Waals surface area contributed by atoms with Crippen molar-refractivity contribution in [1.29, 1.82) is 0 Å². The van der Waals surface area contributed by atoms with Crippen LogP contribution in [0.3, 0.4) is 0 Å². The van der Waals surface area contributed by atoms with Crippen molar-refractivity contribution in [3.05, 3.63) is 35.9 Å². The molecule has 1 aromatic carbocycles. The van der Waals surface area contributed by atoms with E-state index < -0.39 is 0 Å². The van der Waals surface area contributed by atoms with E-state index in [1.54, 1.807) is 0 Å². The first-order valence-electron chi connectivity index (χ1n) is 12.0. The maximum absolute atomic E-state index is 6.27. The molecule has 3 saturated heterocycles. The van der Waals surface area contributed by atoms with Gasteiger partial charge in [-0.2, -0.15) is 0 Å². The Morgan fingerprint density at radius 3 is 2.44 bits per heavy atom. The number of ether oxygens (including phenoxy) is 6. The molecule has 3 heterocycles. The predicted molar refractivity (Wildman–Crippen MR) is 122 cm³/mol. The third-order valence-corrected chi connectivity index (χ3v) is 7.43. The van der Waals surface area contributed by atoms with E-state index in [2.05, 4.69) is 46.8 Å². The number of rotatable bonds is 9. The summed E-state index contributed by atoms with van der Waals surface area (Å²) in [5.74, 6) is 0. The van der Waals surface area contributed by atoms with E-state index in [0.717, 1.165) is 19.4 Å². The summed E-state index contributed by atoms with van der Waals surface area (Å²) in [6, 6.07) is 10.3. The number of hydrogen-bond donors (Lipinski definition) is 0. The highest BCUT2D eigenvalue weighted by Gasteiger charge is 2.68. The second-order valence-corrected chi connectivity index (χ2v) is 10.6. The molecule has 180 valence electrons. The second kappa shape index (κ2) is 9.69. The lowest BCUT2D eigenvalue weighted by Crippen LogP contribution is -2.71. The van der Waals surface area contributed by atoms with E-state index >= 15 is 0 Å². The summed E-state index contributed by atoms with van der Waals surface area (Å²) in [4.78, 5) is 0. The Morgan fingerprint density at radius 1 is 0.938 bits per heavy atom. The van der Waals surface area contributed by atoms with Crippen molar-refractivity contribution in [2.45, 2.75) is 89.7 Å². The molecule has 1 spiro atoms. The van der Waals surface area contributed by atoms with Gasteiger partial charge >= 0.3 is 0 Å². The predicted octanol–water partition coefficient (Wildman–Crippen LogP) is 4.15. The molecule has 3 aliphatic rings. The van der Waals surface area contributed by atoms with Crippen LogP contribution in [0.5, 0.6) is 0 Å². The molecule has 0 amide bonds. The van der Waals surface area contributed by atoms with Gasteiger partial charge in [-0.15, -0.1) is 0 Å². The van der Waals surface area contributed by atoms with E-state index in [-0.39, 0.29) is 41.0 Å². The molecule has 5 atom stereocenters. The van der Waals surface area contributed by atoms with Gasteiger partial charge in [-0.3, -0.25) is 0 Å². The maximum Gasteiger partial charge on any atom is 0.0926 e. The summed E-state index contributed by atoms with van der Waals surface area (Å²) in [6.07, 6.45) is 1.96. The van der Waals surface area contributed by atoms with Crippen molar-refractivity contribution >= 4 is 0 Å². The fourth-order valence-corrected chi connectivity index (χ4v) is 5.54. The molecule has 1 aromatic rings. The molecule has 6 nitrogen and oxygen atoms in total. The molecule has 4 rings (SSSR count). The van der Waals surface area contributed by atoms with Crippen molar-refractivity contribution in [1.82, 2.24) is 0 Å². The van der Waals surface area contributed by atoms with E-state index in [1.165, 1.54) is 5.56 Å². The third kappa shape index (κ3) is 4.91. The standard InChI is InChI=1S/C26H40O6/c1-19-21(31-24(2,3)18-30-19)11-13-27-16-22-26(12-14-29-22)23(32-25(26,4)5)17-28-15-20-9-7-6-8-10-20/h6-10,19,21-23H,11-18H2,1-5H3/t19-,21+,22+,23+,26?/m1/s1. The lowest BCUT2D eigenvalue weighted by Gasteiger charge is -2.61. The molecular formula is C26H40O6. The van der Waals surface area contributed by atoms with E-state index in [0.29, 0.717) is 33.0 Å². The molecule has 0 aromatic heterocycles. The van der Waals surface area contributed by atoms with Gasteiger partial charge in [0, 0.05) is 13.2 Å². The number of hydrogen-bond acceptors (Lipinski definition) is 6. The normalized spacial score (nSPS) is 35.7. The van der Waals surface area contributed by atoms with Crippen molar-refractivity contribution in [2.75, 3.05) is 33.0 Å². The first kappa shape index (κ1) is 24.1. The highest BCUT2D eigenvalue weighted by atomic mass is 16.6. The van der Waals surface area contributed by atoms with Gasteiger partial charge in [-0.05, 0) is 53.0 Å². The van der Waals surface area contributed by atoms with Crippen LogP contribution in [0.2, 0.25) is 0 Å². The lowest BCUT2D eigenvalue weighted by molar-refractivity contribution is -0.333. The van der Waals surface area contributed by atoms with Gasteiger partial charge in [0.1, 0.15) is 0 Å². The van der Waals surface area contributed by atoms with E-state index in [9.17, 15) is 0 Å². The zero-order valence-electron chi connectivity index (χ0n) is 20.3. The second-order valence-electron chi connectivity index (χ2n) is 10.6. The van der Waals surface area contributed by atoms with Crippen LogP contribution in [0, 0.1) is 5.41 Å². The molecule has 1 unspecified atom stereocenters. The fraction of sp³-hybridized carbons (Fsp3) is 0.769. The summed E-state index contributed by atoms with van der Waals surface area (Å²) < 4.78 is 36.7. The largest absolute Gasteiger partial charge is 0.379 e. The molecule has 0 aliphatic carbocycles. The third-order valence-electron chi connectivity index (χ3n) is 7.43. The highest BCUT2D eigenvalue weighted by molar-refractivity contribution is 5.15. The highest BCUT2D eigenvalue weighted by Crippen LogP contribution is 2.58. The van der Waals surface area contributed by atoms with Crippen LogP contribution in [0.1, 0.15) is 53.0 Å². The van der Waals surface area contributed by atoms with Crippen molar-refractivity contribution < 1.29 is 28.4 Å². The van der Waals surface area contributed by atoms with Gasteiger partial charge in [0.05, 0.1) is 67.5 Å². The minimum Gasteiger partial charge on any atom is -0.379 e.